The van der Waals surface area contributed by atoms with Gasteiger partial charge in [0.2, 0.25) is 0 Å². The average Bonchev–Trinajstić information content (AvgIpc) is 3.53. The zero-order chi connectivity index (χ0) is 24.2. The molecule has 0 saturated carbocycles. The number of benzene rings is 2. The Kier molecular flexibility index (Phi) is 7.13. The van der Waals surface area contributed by atoms with E-state index >= 15 is 0 Å². The zero-order valence-electron chi connectivity index (χ0n) is 19.7. The number of nitrogens with one attached hydrogen (secondary N) is 3. The van der Waals surface area contributed by atoms with E-state index in [9.17, 15) is 4.79 Å². The van der Waals surface area contributed by atoms with Crippen LogP contribution in [0.5, 0.6) is 5.75 Å². The fraction of sp³-hybridized carbons (Fsp3) is 0.259. The van der Waals surface area contributed by atoms with Crippen LogP contribution in [-0.2, 0) is 6.54 Å². The maximum absolute atomic E-state index is 13.1. The van der Waals surface area contributed by atoms with Gasteiger partial charge < -0.3 is 20.7 Å². The molecule has 3 N–H and O–H groups in total. The summed E-state index contributed by atoms with van der Waals surface area (Å²) in [4.78, 5) is 19.8. The van der Waals surface area contributed by atoms with E-state index in [0.29, 0.717) is 5.56 Å². The van der Waals surface area contributed by atoms with Crippen molar-refractivity contribution >= 4 is 33.7 Å². The van der Waals surface area contributed by atoms with Gasteiger partial charge in [0.05, 0.1) is 12.6 Å². The highest BCUT2D eigenvalue weighted by Crippen LogP contribution is 2.31. The molecule has 0 radical (unpaired) electrons. The second-order valence-corrected chi connectivity index (χ2v) is 10.7. The molecule has 1 aliphatic rings. The van der Waals surface area contributed by atoms with Crippen LogP contribution in [0.4, 0.5) is 5.13 Å². The largest absolute Gasteiger partial charge is 0.488 e. The van der Waals surface area contributed by atoms with E-state index in [0.717, 1.165) is 47.2 Å². The number of aromatic nitrogens is 1. The monoisotopic (exact) mass is 504 g/mol. The van der Waals surface area contributed by atoms with Crippen molar-refractivity contribution in [3.63, 3.8) is 0 Å². The molecule has 1 amide bonds. The third-order valence-electron chi connectivity index (χ3n) is 6.03. The Hall–Kier alpha value is -3.20. The molecule has 6 nitrogen and oxygen atoms in total. The lowest BCUT2D eigenvalue weighted by Gasteiger charge is -2.28. The van der Waals surface area contributed by atoms with Gasteiger partial charge in [-0.3, -0.25) is 4.79 Å². The van der Waals surface area contributed by atoms with Crippen LogP contribution in [0.25, 0.3) is 10.4 Å². The standard InChI is InChI=1S/C27H28N4O2S2/c1-17-6-7-21(33-22-14-28-15-22)13-24(17)26(32)31-18(2)19-4-3-5-20(12-19)25-9-8-23(35-25)16-30-27-29-10-11-34-27/h3-13,18,22,28H,14-16H2,1-2H3,(H,29,30)(H,31,32)/t18-/m1/s1. The van der Waals surface area contributed by atoms with Crippen LogP contribution in [0.1, 0.15) is 39.3 Å². The summed E-state index contributed by atoms with van der Waals surface area (Å²) < 4.78 is 5.94. The number of anilines is 1. The molecule has 1 aliphatic heterocycles. The molecule has 2 aromatic carbocycles. The first-order valence-electron chi connectivity index (χ1n) is 11.7. The number of carbonyl (C=O) groups excluding carboxylic acids is 1. The summed E-state index contributed by atoms with van der Waals surface area (Å²) in [7, 11) is 0. The van der Waals surface area contributed by atoms with Gasteiger partial charge in [0.1, 0.15) is 11.9 Å². The Balaban J connectivity index is 1.25. The molecule has 0 spiro atoms. The molecule has 0 bridgehead atoms. The first kappa shape index (κ1) is 23.5. The van der Waals surface area contributed by atoms with Crippen molar-refractivity contribution in [3.8, 4) is 16.2 Å². The Bertz CT molecular complexity index is 1300. The number of hydrogen-bond acceptors (Lipinski definition) is 7. The van der Waals surface area contributed by atoms with Crippen LogP contribution in [0.3, 0.4) is 0 Å². The number of ether oxygens (including phenoxy) is 1. The summed E-state index contributed by atoms with van der Waals surface area (Å²) in [6.07, 6.45) is 1.98. The second kappa shape index (κ2) is 10.6. The fourth-order valence-electron chi connectivity index (χ4n) is 3.88. The van der Waals surface area contributed by atoms with Crippen molar-refractivity contribution in [1.29, 1.82) is 0 Å². The lowest BCUT2D eigenvalue weighted by molar-refractivity contribution is 0.0937. The van der Waals surface area contributed by atoms with Crippen molar-refractivity contribution in [2.24, 2.45) is 0 Å². The quantitative estimate of drug-likeness (QED) is 0.275. The summed E-state index contributed by atoms with van der Waals surface area (Å²) in [6.45, 7) is 6.41. The number of rotatable bonds is 9. The third-order valence-corrected chi connectivity index (χ3v) is 7.89. The molecule has 1 saturated heterocycles. The van der Waals surface area contributed by atoms with Gasteiger partial charge in [-0.1, -0.05) is 24.3 Å². The molecule has 5 rings (SSSR count). The maximum Gasteiger partial charge on any atom is 0.252 e. The van der Waals surface area contributed by atoms with Gasteiger partial charge in [-0.2, -0.15) is 0 Å². The predicted molar refractivity (Wildman–Crippen MR) is 144 cm³/mol. The van der Waals surface area contributed by atoms with Gasteiger partial charge in [-0.15, -0.1) is 22.7 Å². The van der Waals surface area contributed by atoms with E-state index in [4.69, 9.17) is 4.74 Å². The second-order valence-electron chi connectivity index (χ2n) is 8.65. The summed E-state index contributed by atoms with van der Waals surface area (Å²) in [5, 5.41) is 12.6. The Morgan fingerprint density at radius 2 is 2.09 bits per heavy atom. The average molecular weight is 505 g/mol. The van der Waals surface area contributed by atoms with Crippen LogP contribution in [0.2, 0.25) is 0 Å². The maximum atomic E-state index is 13.1. The van der Waals surface area contributed by atoms with E-state index in [1.807, 2.05) is 43.5 Å². The first-order valence-corrected chi connectivity index (χ1v) is 13.4. The van der Waals surface area contributed by atoms with E-state index in [1.165, 1.54) is 9.75 Å². The van der Waals surface area contributed by atoms with Crippen LogP contribution in [0, 0.1) is 6.92 Å². The molecule has 3 heterocycles. The van der Waals surface area contributed by atoms with Crippen LogP contribution in [-0.4, -0.2) is 30.1 Å². The topological polar surface area (TPSA) is 75.3 Å². The van der Waals surface area contributed by atoms with Gasteiger partial charge >= 0.3 is 0 Å². The molecule has 2 aromatic heterocycles. The van der Waals surface area contributed by atoms with Crippen molar-refractivity contribution in [2.45, 2.75) is 32.5 Å². The van der Waals surface area contributed by atoms with E-state index in [1.54, 1.807) is 28.9 Å². The summed E-state index contributed by atoms with van der Waals surface area (Å²) in [6, 6.07) is 18.3. The van der Waals surface area contributed by atoms with Crippen molar-refractivity contribution < 1.29 is 9.53 Å². The number of carbonyl (C=O) groups is 1. The molecule has 35 heavy (non-hydrogen) atoms. The van der Waals surface area contributed by atoms with E-state index in [2.05, 4.69) is 51.3 Å². The minimum Gasteiger partial charge on any atom is -0.488 e. The van der Waals surface area contributed by atoms with E-state index < -0.39 is 0 Å². The normalized spacial score (nSPS) is 14.2. The lowest BCUT2D eigenvalue weighted by atomic mass is 10.0. The Labute approximate surface area is 213 Å². The third kappa shape index (κ3) is 5.73. The molecule has 8 heteroatoms. The fourth-order valence-corrected chi connectivity index (χ4v) is 5.35. The molecule has 4 aromatic rings. The number of hydrogen-bond donors (Lipinski definition) is 3. The van der Waals surface area contributed by atoms with E-state index in [-0.39, 0.29) is 18.1 Å². The SMILES string of the molecule is Cc1ccc(OC2CNC2)cc1C(=O)N[C@H](C)c1cccc(-c2ccc(CNc3nccs3)s2)c1. The van der Waals surface area contributed by atoms with Crippen molar-refractivity contribution in [2.75, 3.05) is 18.4 Å². The van der Waals surface area contributed by atoms with Gasteiger partial charge in [0, 0.05) is 40.0 Å². The van der Waals surface area contributed by atoms with Crippen LogP contribution < -0.4 is 20.7 Å². The lowest BCUT2D eigenvalue weighted by Crippen LogP contribution is -2.50. The zero-order valence-corrected chi connectivity index (χ0v) is 21.3. The minimum absolute atomic E-state index is 0.0933. The summed E-state index contributed by atoms with van der Waals surface area (Å²) in [5.74, 6) is 0.643. The molecule has 1 fully saturated rings. The van der Waals surface area contributed by atoms with Crippen LogP contribution in [0.15, 0.2) is 66.2 Å². The van der Waals surface area contributed by atoms with Gasteiger partial charge in [0.15, 0.2) is 5.13 Å². The van der Waals surface area contributed by atoms with Crippen molar-refractivity contribution in [1.82, 2.24) is 15.6 Å². The Morgan fingerprint density at radius 1 is 1.20 bits per heavy atom. The molecular formula is C27H28N4O2S2. The number of thiazole rings is 1. The number of aryl methyl sites for hydroxylation is 1. The highest BCUT2D eigenvalue weighted by Gasteiger charge is 2.20. The number of nitrogens with zero attached hydrogens (tertiary/aromatic N) is 1. The molecule has 180 valence electrons. The molecule has 1 atom stereocenters. The van der Waals surface area contributed by atoms with Gasteiger partial charge in [-0.25, -0.2) is 4.98 Å². The molecule has 0 unspecified atom stereocenters. The van der Waals surface area contributed by atoms with Crippen molar-refractivity contribution in [3.05, 3.63) is 87.7 Å². The summed E-state index contributed by atoms with van der Waals surface area (Å²) in [5.41, 5.74) is 3.79. The van der Waals surface area contributed by atoms with Gasteiger partial charge in [0.25, 0.3) is 5.91 Å². The minimum atomic E-state index is -0.131. The first-order chi connectivity index (χ1) is 17.0. The highest BCUT2D eigenvalue weighted by molar-refractivity contribution is 7.15. The highest BCUT2D eigenvalue weighted by atomic mass is 32.1. The molecular weight excluding hydrogens is 476 g/mol. The van der Waals surface area contributed by atoms with Crippen LogP contribution >= 0.6 is 22.7 Å². The number of amides is 1. The predicted octanol–water partition coefficient (Wildman–Crippen LogP) is 5.63. The molecule has 0 aliphatic carbocycles. The summed E-state index contributed by atoms with van der Waals surface area (Å²) >= 11 is 3.36. The smallest absolute Gasteiger partial charge is 0.252 e. The Morgan fingerprint density at radius 3 is 2.86 bits per heavy atom. The number of thiophene rings is 1. The van der Waals surface area contributed by atoms with Gasteiger partial charge in [-0.05, 0) is 60.9 Å².